The molecule has 1 aromatic carbocycles. The van der Waals surface area contributed by atoms with E-state index in [1.165, 1.54) is 12.0 Å². The number of amides is 1. The Morgan fingerprint density at radius 2 is 1.89 bits per heavy atom. The predicted molar refractivity (Wildman–Crippen MR) is 103 cm³/mol. The zero-order valence-corrected chi connectivity index (χ0v) is 16.0. The van der Waals surface area contributed by atoms with Crippen molar-refractivity contribution in [2.45, 2.75) is 44.8 Å². The molecule has 2 aliphatic heterocycles. The van der Waals surface area contributed by atoms with Crippen molar-refractivity contribution in [3.8, 4) is 0 Å². The molecule has 0 unspecified atom stereocenters. The maximum absolute atomic E-state index is 12.6. The lowest BCUT2D eigenvalue weighted by atomic mass is 9.89. The Bertz CT molecular complexity index is 845. The van der Waals surface area contributed by atoms with Gasteiger partial charge in [0.15, 0.2) is 0 Å². The number of hydrogen-bond donors (Lipinski definition) is 1. The van der Waals surface area contributed by atoms with Crippen LogP contribution in [-0.2, 0) is 19.5 Å². The molecule has 2 fully saturated rings. The number of benzene rings is 1. The first kappa shape index (κ1) is 17.2. The van der Waals surface area contributed by atoms with Crippen LogP contribution < -0.4 is 5.32 Å². The summed E-state index contributed by atoms with van der Waals surface area (Å²) in [6, 6.07) is 8.43. The summed E-state index contributed by atoms with van der Waals surface area (Å²) in [6.45, 7) is 3.91. The molecule has 6 nitrogen and oxygen atoms in total. The minimum absolute atomic E-state index is 0.0621. The van der Waals surface area contributed by atoms with Crippen LogP contribution in [0.4, 0.5) is 0 Å². The zero-order valence-electron chi connectivity index (χ0n) is 15.3. The summed E-state index contributed by atoms with van der Waals surface area (Å²) in [6.07, 6.45) is 4.27. The van der Waals surface area contributed by atoms with Crippen molar-refractivity contribution in [1.82, 2.24) is 25.0 Å². The van der Waals surface area contributed by atoms with Gasteiger partial charge in [-0.3, -0.25) is 9.69 Å². The summed E-state index contributed by atoms with van der Waals surface area (Å²) in [5.41, 5.74) is 1.29. The Kier molecular flexibility index (Phi) is 4.40. The predicted octanol–water partition coefficient (Wildman–Crippen LogP) is 2.52. The lowest BCUT2D eigenvalue weighted by Gasteiger charge is -2.28. The third-order valence-electron chi connectivity index (χ3n) is 6.30. The second kappa shape index (κ2) is 6.91. The molecule has 3 aliphatic rings. The van der Waals surface area contributed by atoms with Crippen LogP contribution in [0.25, 0.3) is 0 Å². The van der Waals surface area contributed by atoms with Gasteiger partial charge >= 0.3 is 0 Å². The standard InChI is InChI=1S/C20H24ClN5O/c21-16-6-4-13(5-7-16)9-25-10-14-8-18-23-24-19(26(18)12-15(14)11-25)20(27)22-17-2-1-3-17/h4-7,14-15,17H,1-3,8-12H2,(H,22,27)/t14-,15-/m0/s1. The molecule has 27 heavy (non-hydrogen) atoms. The van der Waals surface area contributed by atoms with Gasteiger partial charge in [-0.1, -0.05) is 23.7 Å². The Morgan fingerprint density at radius 1 is 1.11 bits per heavy atom. The van der Waals surface area contributed by atoms with Gasteiger partial charge in [0.1, 0.15) is 5.82 Å². The highest BCUT2D eigenvalue weighted by atomic mass is 35.5. The first-order valence-corrected chi connectivity index (χ1v) is 10.2. The number of nitrogens with zero attached hydrogens (tertiary/aromatic N) is 4. The number of carbonyl (C=O) groups is 1. The van der Waals surface area contributed by atoms with Crippen LogP contribution in [0.2, 0.25) is 5.02 Å². The van der Waals surface area contributed by atoms with Crippen LogP contribution in [-0.4, -0.2) is 44.7 Å². The van der Waals surface area contributed by atoms with Gasteiger partial charge in [-0.15, -0.1) is 10.2 Å². The Hall–Kier alpha value is -1.92. The average Bonchev–Trinajstić information content (AvgIpc) is 3.20. The van der Waals surface area contributed by atoms with E-state index in [9.17, 15) is 4.79 Å². The van der Waals surface area contributed by atoms with E-state index in [4.69, 9.17) is 11.6 Å². The van der Waals surface area contributed by atoms with Gasteiger partial charge < -0.3 is 9.88 Å². The summed E-state index contributed by atoms with van der Waals surface area (Å²) in [4.78, 5) is 15.1. The van der Waals surface area contributed by atoms with Gasteiger partial charge in [-0.2, -0.15) is 0 Å². The molecule has 1 saturated carbocycles. The van der Waals surface area contributed by atoms with Crippen molar-refractivity contribution in [3.05, 3.63) is 46.5 Å². The highest BCUT2D eigenvalue weighted by Gasteiger charge is 2.39. The van der Waals surface area contributed by atoms with E-state index in [1.807, 2.05) is 12.1 Å². The molecule has 1 aromatic heterocycles. The second-order valence-corrected chi connectivity index (χ2v) is 8.63. The normalized spacial score (nSPS) is 24.9. The van der Waals surface area contributed by atoms with E-state index in [2.05, 4.69) is 37.1 Å². The SMILES string of the molecule is O=C(NC1CCC1)c1nnc2n1C[C@@H]1CN(Cc3ccc(Cl)cc3)C[C@@H]1C2. The van der Waals surface area contributed by atoms with Crippen LogP contribution in [0.15, 0.2) is 24.3 Å². The van der Waals surface area contributed by atoms with Crippen LogP contribution in [0, 0.1) is 11.8 Å². The molecule has 5 rings (SSSR count). The quantitative estimate of drug-likeness (QED) is 0.878. The molecular weight excluding hydrogens is 362 g/mol. The molecule has 1 amide bonds. The molecule has 3 heterocycles. The summed E-state index contributed by atoms with van der Waals surface area (Å²) < 4.78 is 2.06. The van der Waals surface area contributed by atoms with Crippen LogP contribution in [0.3, 0.4) is 0 Å². The first-order chi connectivity index (χ1) is 13.2. The minimum Gasteiger partial charge on any atom is -0.347 e. The van der Waals surface area contributed by atoms with Crippen LogP contribution >= 0.6 is 11.6 Å². The molecule has 1 aliphatic carbocycles. The maximum atomic E-state index is 12.6. The fourth-order valence-electron chi connectivity index (χ4n) is 4.57. The number of nitrogens with one attached hydrogen (secondary N) is 1. The fraction of sp³-hybridized carbons (Fsp3) is 0.550. The molecule has 142 valence electrons. The monoisotopic (exact) mass is 385 g/mol. The average molecular weight is 386 g/mol. The molecule has 1 N–H and O–H groups in total. The van der Waals surface area contributed by atoms with E-state index >= 15 is 0 Å². The second-order valence-electron chi connectivity index (χ2n) is 8.20. The van der Waals surface area contributed by atoms with Crippen molar-refractivity contribution < 1.29 is 4.79 Å². The third-order valence-corrected chi connectivity index (χ3v) is 6.56. The minimum atomic E-state index is -0.0621. The van der Waals surface area contributed by atoms with Crippen molar-refractivity contribution in [3.63, 3.8) is 0 Å². The molecule has 2 aromatic rings. The number of carbonyl (C=O) groups excluding carboxylic acids is 1. The highest BCUT2D eigenvalue weighted by molar-refractivity contribution is 6.30. The number of fused-ring (bicyclic) bond motifs is 2. The van der Waals surface area contributed by atoms with Crippen molar-refractivity contribution in [2.24, 2.45) is 11.8 Å². The van der Waals surface area contributed by atoms with Gasteiger partial charge in [0, 0.05) is 43.7 Å². The molecule has 2 atom stereocenters. The molecule has 0 spiro atoms. The lowest BCUT2D eigenvalue weighted by Crippen LogP contribution is -2.41. The first-order valence-electron chi connectivity index (χ1n) is 9.85. The van der Waals surface area contributed by atoms with Gasteiger partial charge in [-0.05, 0) is 48.8 Å². The maximum Gasteiger partial charge on any atom is 0.289 e. The third kappa shape index (κ3) is 3.36. The molecule has 1 saturated heterocycles. The van der Waals surface area contributed by atoms with E-state index in [1.54, 1.807) is 0 Å². The molecule has 0 bridgehead atoms. The summed E-state index contributed by atoms with van der Waals surface area (Å²) in [5, 5.41) is 12.4. The summed E-state index contributed by atoms with van der Waals surface area (Å²) in [7, 11) is 0. The zero-order chi connectivity index (χ0) is 18.4. The molecular formula is C20H24ClN5O. The number of rotatable bonds is 4. The van der Waals surface area contributed by atoms with E-state index in [0.717, 1.165) is 56.3 Å². The summed E-state index contributed by atoms with van der Waals surface area (Å²) >= 11 is 5.99. The Labute approximate surface area is 163 Å². The number of halogens is 1. The van der Waals surface area contributed by atoms with E-state index in [-0.39, 0.29) is 5.91 Å². The van der Waals surface area contributed by atoms with Gasteiger partial charge in [0.2, 0.25) is 5.82 Å². The largest absolute Gasteiger partial charge is 0.347 e. The molecule has 0 radical (unpaired) electrons. The Morgan fingerprint density at radius 3 is 2.63 bits per heavy atom. The van der Waals surface area contributed by atoms with Gasteiger partial charge in [0.05, 0.1) is 0 Å². The lowest BCUT2D eigenvalue weighted by molar-refractivity contribution is 0.0898. The number of aromatic nitrogens is 3. The molecule has 7 heteroatoms. The van der Waals surface area contributed by atoms with Crippen molar-refractivity contribution >= 4 is 17.5 Å². The number of likely N-dealkylation sites (tertiary alicyclic amines) is 1. The van der Waals surface area contributed by atoms with Crippen LogP contribution in [0.1, 0.15) is 41.3 Å². The number of hydrogen-bond acceptors (Lipinski definition) is 4. The smallest absolute Gasteiger partial charge is 0.289 e. The van der Waals surface area contributed by atoms with E-state index < -0.39 is 0 Å². The van der Waals surface area contributed by atoms with Gasteiger partial charge in [0.25, 0.3) is 5.91 Å². The van der Waals surface area contributed by atoms with E-state index in [0.29, 0.717) is 23.7 Å². The Balaban J connectivity index is 1.26. The highest BCUT2D eigenvalue weighted by Crippen LogP contribution is 2.33. The van der Waals surface area contributed by atoms with Crippen LogP contribution in [0.5, 0.6) is 0 Å². The fourth-order valence-corrected chi connectivity index (χ4v) is 4.69. The topological polar surface area (TPSA) is 63.1 Å². The summed E-state index contributed by atoms with van der Waals surface area (Å²) in [5.74, 6) is 2.54. The van der Waals surface area contributed by atoms with Crippen molar-refractivity contribution in [1.29, 1.82) is 0 Å². The van der Waals surface area contributed by atoms with Gasteiger partial charge in [-0.25, -0.2) is 0 Å². The van der Waals surface area contributed by atoms with Crippen molar-refractivity contribution in [2.75, 3.05) is 13.1 Å².